The van der Waals surface area contributed by atoms with Gasteiger partial charge in [0.1, 0.15) is 0 Å². The molecule has 112 valence electrons. The molecular formula is C23H20. The highest BCUT2D eigenvalue weighted by Crippen LogP contribution is 2.52. The molecule has 0 aliphatic heterocycles. The van der Waals surface area contributed by atoms with Gasteiger partial charge in [0.2, 0.25) is 0 Å². The maximum atomic E-state index is 2.45. The molecule has 0 aromatic heterocycles. The third-order valence-electron chi connectivity index (χ3n) is 5.56. The van der Waals surface area contributed by atoms with Gasteiger partial charge >= 0.3 is 0 Å². The SMILES string of the molecule is C1=CC(c2cccc3c2C(C2C=CCC2)c2ccccc2-3)=CC1. The molecular weight excluding hydrogens is 276 g/mol. The average molecular weight is 296 g/mol. The third kappa shape index (κ3) is 1.91. The Kier molecular flexibility index (Phi) is 2.91. The monoisotopic (exact) mass is 296 g/mol. The van der Waals surface area contributed by atoms with Crippen molar-refractivity contribution in [3.8, 4) is 11.1 Å². The molecule has 2 aromatic rings. The van der Waals surface area contributed by atoms with Crippen LogP contribution in [-0.4, -0.2) is 0 Å². The zero-order valence-electron chi connectivity index (χ0n) is 13.2. The van der Waals surface area contributed by atoms with Crippen LogP contribution in [0, 0.1) is 5.92 Å². The van der Waals surface area contributed by atoms with Gasteiger partial charge in [0.05, 0.1) is 0 Å². The summed E-state index contributed by atoms with van der Waals surface area (Å²) in [6, 6.07) is 15.9. The Morgan fingerprint density at radius 2 is 1.70 bits per heavy atom. The minimum Gasteiger partial charge on any atom is -0.0882 e. The van der Waals surface area contributed by atoms with Gasteiger partial charge in [-0.15, -0.1) is 0 Å². The lowest BCUT2D eigenvalue weighted by Gasteiger charge is -2.22. The van der Waals surface area contributed by atoms with Crippen molar-refractivity contribution in [2.75, 3.05) is 0 Å². The van der Waals surface area contributed by atoms with Crippen LogP contribution >= 0.6 is 0 Å². The van der Waals surface area contributed by atoms with Crippen molar-refractivity contribution in [2.45, 2.75) is 25.2 Å². The molecule has 2 unspecified atom stereocenters. The van der Waals surface area contributed by atoms with Crippen molar-refractivity contribution < 1.29 is 0 Å². The normalized spacial score (nSPS) is 23.9. The van der Waals surface area contributed by atoms with Crippen LogP contribution in [0.15, 0.2) is 72.8 Å². The Labute approximate surface area is 137 Å². The highest BCUT2D eigenvalue weighted by Gasteiger charge is 2.35. The van der Waals surface area contributed by atoms with E-state index in [4.69, 9.17) is 0 Å². The van der Waals surface area contributed by atoms with Gasteiger partial charge in [0.15, 0.2) is 0 Å². The molecule has 2 atom stereocenters. The summed E-state index contributed by atoms with van der Waals surface area (Å²) in [7, 11) is 0. The zero-order valence-corrected chi connectivity index (χ0v) is 13.2. The summed E-state index contributed by atoms with van der Waals surface area (Å²) in [4.78, 5) is 0. The van der Waals surface area contributed by atoms with E-state index in [-0.39, 0.29) is 0 Å². The van der Waals surface area contributed by atoms with Crippen molar-refractivity contribution in [2.24, 2.45) is 5.92 Å². The van der Waals surface area contributed by atoms with E-state index in [0.29, 0.717) is 11.8 Å². The fourth-order valence-corrected chi connectivity index (χ4v) is 4.59. The predicted molar refractivity (Wildman–Crippen MR) is 97.3 cm³/mol. The first kappa shape index (κ1) is 13.1. The predicted octanol–water partition coefficient (Wildman–Crippen LogP) is 6.11. The molecule has 0 N–H and O–H groups in total. The van der Waals surface area contributed by atoms with Crippen molar-refractivity contribution in [1.82, 2.24) is 0 Å². The lowest BCUT2D eigenvalue weighted by Crippen LogP contribution is -2.09. The van der Waals surface area contributed by atoms with Crippen molar-refractivity contribution in [3.63, 3.8) is 0 Å². The Bertz CT molecular complexity index is 863. The highest BCUT2D eigenvalue weighted by molar-refractivity contribution is 5.88. The van der Waals surface area contributed by atoms with E-state index in [2.05, 4.69) is 72.8 Å². The van der Waals surface area contributed by atoms with Crippen molar-refractivity contribution >= 4 is 5.57 Å². The summed E-state index contributed by atoms with van der Waals surface area (Å²) in [6.45, 7) is 0. The van der Waals surface area contributed by atoms with E-state index in [0.717, 1.165) is 6.42 Å². The molecule has 0 saturated carbocycles. The molecule has 0 spiro atoms. The fraction of sp³-hybridized carbons (Fsp3) is 0.217. The minimum absolute atomic E-state index is 0.519. The summed E-state index contributed by atoms with van der Waals surface area (Å²) in [6.07, 6.45) is 15.3. The van der Waals surface area contributed by atoms with Crippen LogP contribution in [0.25, 0.3) is 16.7 Å². The fourth-order valence-electron chi connectivity index (χ4n) is 4.59. The van der Waals surface area contributed by atoms with E-state index in [1.54, 1.807) is 5.56 Å². The van der Waals surface area contributed by atoms with E-state index in [1.807, 2.05) is 0 Å². The maximum absolute atomic E-state index is 2.45. The molecule has 0 fully saturated rings. The topological polar surface area (TPSA) is 0 Å². The smallest absolute Gasteiger partial charge is 0.0171 e. The lowest BCUT2D eigenvalue weighted by molar-refractivity contribution is 0.565. The highest BCUT2D eigenvalue weighted by atomic mass is 14.4. The molecule has 0 nitrogen and oxygen atoms in total. The van der Waals surface area contributed by atoms with E-state index in [1.165, 1.54) is 40.7 Å². The lowest BCUT2D eigenvalue weighted by atomic mass is 9.81. The van der Waals surface area contributed by atoms with Gasteiger partial charge in [-0.3, -0.25) is 0 Å². The number of rotatable bonds is 2. The number of fused-ring (bicyclic) bond motifs is 3. The Balaban J connectivity index is 1.77. The Hall–Kier alpha value is -2.34. The van der Waals surface area contributed by atoms with Gasteiger partial charge in [-0.2, -0.15) is 0 Å². The third-order valence-corrected chi connectivity index (χ3v) is 5.56. The summed E-state index contributed by atoms with van der Waals surface area (Å²) in [5.41, 5.74) is 8.82. The molecule has 2 aromatic carbocycles. The standard InChI is InChI=1S/C23H20/c1-2-9-16(8-1)18-14-7-15-21-19-12-5-6-13-20(19)22(23(18)21)17-10-3-4-11-17/h1,3,5-10,12-15,17,22H,2,4,11H2. The number of allylic oxidation sites excluding steroid dienone is 6. The van der Waals surface area contributed by atoms with Gasteiger partial charge in [-0.25, -0.2) is 0 Å². The van der Waals surface area contributed by atoms with Crippen molar-refractivity contribution in [3.05, 3.63) is 89.5 Å². The molecule has 23 heavy (non-hydrogen) atoms. The van der Waals surface area contributed by atoms with Crippen molar-refractivity contribution in [1.29, 1.82) is 0 Å². The minimum atomic E-state index is 0.519. The Morgan fingerprint density at radius 3 is 2.52 bits per heavy atom. The Morgan fingerprint density at radius 1 is 0.826 bits per heavy atom. The quantitative estimate of drug-likeness (QED) is 0.587. The van der Waals surface area contributed by atoms with Crippen LogP contribution < -0.4 is 0 Å². The van der Waals surface area contributed by atoms with Gasteiger partial charge in [0, 0.05) is 5.92 Å². The van der Waals surface area contributed by atoms with Gasteiger partial charge in [0.25, 0.3) is 0 Å². The van der Waals surface area contributed by atoms with Gasteiger partial charge in [-0.1, -0.05) is 72.8 Å². The van der Waals surface area contributed by atoms with Crippen LogP contribution in [-0.2, 0) is 0 Å². The molecule has 0 saturated heterocycles. The van der Waals surface area contributed by atoms with Crippen LogP contribution in [0.1, 0.15) is 41.9 Å². The molecule has 0 radical (unpaired) electrons. The molecule has 0 heteroatoms. The van der Waals surface area contributed by atoms with Crippen LogP contribution in [0.3, 0.4) is 0 Å². The molecule has 3 aliphatic carbocycles. The first-order valence-corrected chi connectivity index (χ1v) is 8.69. The van der Waals surface area contributed by atoms with Gasteiger partial charge in [-0.05, 0) is 58.6 Å². The number of hydrogen-bond donors (Lipinski definition) is 0. The first-order chi connectivity index (χ1) is 11.4. The molecule has 0 amide bonds. The largest absolute Gasteiger partial charge is 0.0882 e. The summed E-state index contributed by atoms with van der Waals surface area (Å²) >= 11 is 0. The zero-order chi connectivity index (χ0) is 15.2. The molecule has 0 heterocycles. The van der Waals surface area contributed by atoms with E-state index in [9.17, 15) is 0 Å². The van der Waals surface area contributed by atoms with Crippen LogP contribution in [0.5, 0.6) is 0 Å². The number of hydrogen-bond acceptors (Lipinski definition) is 0. The molecule has 0 bridgehead atoms. The second-order valence-electron chi connectivity index (χ2n) is 6.80. The number of benzene rings is 2. The van der Waals surface area contributed by atoms with Gasteiger partial charge < -0.3 is 0 Å². The maximum Gasteiger partial charge on any atom is 0.0171 e. The van der Waals surface area contributed by atoms with E-state index >= 15 is 0 Å². The summed E-state index contributed by atoms with van der Waals surface area (Å²) in [5, 5.41) is 0. The van der Waals surface area contributed by atoms with Crippen LogP contribution in [0.4, 0.5) is 0 Å². The summed E-state index contributed by atoms with van der Waals surface area (Å²) in [5.74, 6) is 1.16. The first-order valence-electron chi connectivity index (χ1n) is 8.69. The molecule has 3 aliphatic rings. The second kappa shape index (κ2) is 5.09. The van der Waals surface area contributed by atoms with Crippen LogP contribution in [0.2, 0.25) is 0 Å². The second-order valence-corrected chi connectivity index (χ2v) is 6.80. The average Bonchev–Trinajstić information content (AvgIpc) is 3.33. The molecule has 5 rings (SSSR count). The summed E-state index contributed by atoms with van der Waals surface area (Å²) < 4.78 is 0. The van der Waals surface area contributed by atoms with E-state index < -0.39 is 0 Å².